The Kier molecular flexibility index (Phi) is 5.52. The molecule has 2 rings (SSSR count). The number of carbonyl (C=O) groups is 1. The number of anilines is 1. The lowest BCUT2D eigenvalue weighted by atomic mass is 10.1. The predicted octanol–water partition coefficient (Wildman–Crippen LogP) is 3.39. The summed E-state index contributed by atoms with van der Waals surface area (Å²) in [5.41, 5.74) is 9.46. The summed E-state index contributed by atoms with van der Waals surface area (Å²) >= 11 is 0. The van der Waals surface area contributed by atoms with Crippen molar-refractivity contribution in [2.45, 2.75) is 26.2 Å². The molecule has 0 atom stereocenters. The number of nitrogens with two attached hydrogens (primary N) is 1. The quantitative estimate of drug-likeness (QED) is 0.853. The lowest BCUT2D eigenvalue weighted by molar-refractivity contribution is 0.102. The molecule has 0 aliphatic carbocycles. The molecule has 0 radical (unpaired) electrons. The Morgan fingerprint density at radius 3 is 2.52 bits per heavy atom. The third kappa shape index (κ3) is 4.43. The van der Waals surface area contributed by atoms with Gasteiger partial charge >= 0.3 is 0 Å². The van der Waals surface area contributed by atoms with Crippen LogP contribution in [0.3, 0.4) is 0 Å². The summed E-state index contributed by atoms with van der Waals surface area (Å²) in [4.78, 5) is 12.2. The van der Waals surface area contributed by atoms with Crippen molar-refractivity contribution in [2.24, 2.45) is 5.73 Å². The highest BCUT2D eigenvalue weighted by Gasteiger charge is 2.06. The summed E-state index contributed by atoms with van der Waals surface area (Å²) in [6.45, 7) is 2.78. The second-order valence-corrected chi connectivity index (χ2v) is 5.10. The molecule has 0 saturated carbocycles. The fourth-order valence-corrected chi connectivity index (χ4v) is 2.21. The van der Waals surface area contributed by atoms with Gasteiger partial charge in [-0.25, -0.2) is 0 Å². The molecule has 3 N–H and O–H groups in total. The van der Waals surface area contributed by atoms with Crippen LogP contribution in [0.15, 0.2) is 48.5 Å². The van der Waals surface area contributed by atoms with Gasteiger partial charge < -0.3 is 11.1 Å². The molecule has 0 bridgehead atoms. The molecule has 0 aliphatic rings. The van der Waals surface area contributed by atoms with Crippen molar-refractivity contribution in [3.05, 3.63) is 65.2 Å². The molecule has 2 aromatic rings. The lowest BCUT2D eigenvalue weighted by Gasteiger charge is -2.08. The number of hydrogen-bond acceptors (Lipinski definition) is 2. The molecule has 0 aliphatic heterocycles. The van der Waals surface area contributed by atoms with Crippen LogP contribution >= 0.6 is 0 Å². The minimum atomic E-state index is -0.0753. The van der Waals surface area contributed by atoms with E-state index in [1.54, 1.807) is 0 Å². The van der Waals surface area contributed by atoms with Gasteiger partial charge in [-0.1, -0.05) is 31.2 Å². The smallest absolute Gasteiger partial charge is 0.255 e. The summed E-state index contributed by atoms with van der Waals surface area (Å²) in [6.07, 6.45) is 2.87. The first-order valence-electron chi connectivity index (χ1n) is 7.42. The van der Waals surface area contributed by atoms with Crippen LogP contribution in [0.5, 0.6) is 0 Å². The van der Waals surface area contributed by atoms with Gasteiger partial charge in [-0.2, -0.15) is 0 Å². The first-order chi connectivity index (χ1) is 10.2. The summed E-state index contributed by atoms with van der Waals surface area (Å²) < 4.78 is 0. The van der Waals surface area contributed by atoms with Crippen LogP contribution < -0.4 is 11.1 Å². The van der Waals surface area contributed by atoms with Crippen LogP contribution in [0.4, 0.5) is 5.69 Å². The maximum absolute atomic E-state index is 12.2. The maximum atomic E-state index is 12.2. The van der Waals surface area contributed by atoms with Gasteiger partial charge in [-0.3, -0.25) is 4.79 Å². The lowest BCUT2D eigenvalue weighted by Crippen LogP contribution is -2.12. The molecule has 2 aromatic carbocycles. The van der Waals surface area contributed by atoms with E-state index in [9.17, 15) is 4.79 Å². The van der Waals surface area contributed by atoms with E-state index in [1.165, 1.54) is 11.1 Å². The largest absolute Gasteiger partial charge is 0.330 e. The molecule has 0 saturated heterocycles. The summed E-state index contributed by atoms with van der Waals surface area (Å²) in [5.74, 6) is -0.0753. The SMILES string of the molecule is CCc1ccc(C(=O)Nc2cccc(CCCN)c2)cc1. The molecular weight excluding hydrogens is 260 g/mol. The second kappa shape index (κ2) is 7.60. The average molecular weight is 282 g/mol. The number of aryl methyl sites for hydroxylation is 2. The van der Waals surface area contributed by atoms with E-state index in [1.807, 2.05) is 42.5 Å². The maximum Gasteiger partial charge on any atom is 0.255 e. The Labute approximate surface area is 126 Å². The second-order valence-electron chi connectivity index (χ2n) is 5.10. The van der Waals surface area contributed by atoms with E-state index in [4.69, 9.17) is 5.73 Å². The zero-order chi connectivity index (χ0) is 15.1. The van der Waals surface area contributed by atoms with Gasteiger partial charge in [0.25, 0.3) is 5.91 Å². The molecule has 0 aromatic heterocycles. The van der Waals surface area contributed by atoms with Crippen LogP contribution in [0.25, 0.3) is 0 Å². The first-order valence-corrected chi connectivity index (χ1v) is 7.42. The Morgan fingerprint density at radius 1 is 1.10 bits per heavy atom. The molecule has 3 heteroatoms. The van der Waals surface area contributed by atoms with Crippen molar-refractivity contribution in [3.63, 3.8) is 0 Å². The highest BCUT2D eigenvalue weighted by atomic mass is 16.1. The van der Waals surface area contributed by atoms with Crippen LogP contribution in [-0.2, 0) is 12.8 Å². The molecule has 0 unspecified atom stereocenters. The fraction of sp³-hybridized carbons (Fsp3) is 0.278. The van der Waals surface area contributed by atoms with Gasteiger partial charge in [-0.05, 0) is 61.2 Å². The normalized spacial score (nSPS) is 10.4. The summed E-state index contributed by atoms with van der Waals surface area (Å²) in [7, 11) is 0. The van der Waals surface area contributed by atoms with Gasteiger partial charge in [0, 0.05) is 11.3 Å². The highest BCUT2D eigenvalue weighted by Crippen LogP contribution is 2.14. The summed E-state index contributed by atoms with van der Waals surface area (Å²) in [5, 5.41) is 2.94. The fourth-order valence-electron chi connectivity index (χ4n) is 2.21. The standard InChI is InChI=1S/C18H22N2O/c1-2-14-8-10-16(11-9-14)18(21)20-17-7-3-5-15(13-17)6-4-12-19/h3,5,7-11,13H,2,4,6,12,19H2,1H3,(H,20,21). The molecule has 3 nitrogen and oxygen atoms in total. The molecule has 0 fully saturated rings. The van der Waals surface area contributed by atoms with E-state index in [0.29, 0.717) is 12.1 Å². The van der Waals surface area contributed by atoms with E-state index >= 15 is 0 Å². The van der Waals surface area contributed by atoms with Crippen molar-refractivity contribution < 1.29 is 4.79 Å². The average Bonchev–Trinajstić information content (AvgIpc) is 2.53. The molecule has 0 heterocycles. The van der Waals surface area contributed by atoms with Crippen molar-refractivity contribution in [1.29, 1.82) is 0 Å². The van der Waals surface area contributed by atoms with E-state index in [-0.39, 0.29) is 5.91 Å². The van der Waals surface area contributed by atoms with Crippen LogP contribution in [0.1, 0.15) is 34.8 Å². The molecular formula is C18H22N2O. The third-order valence-electron chi connectivity index (χ3n) is 3.48. The van der Waals surface area contributed by atoms with E-state index < -0.39 is 0 Å². The van der Waals surface area contributed by atoms with Gasteiger partial charge in [0.2, 0.25) is 0 Å². The minimum Gasteiger partial charge on any atom is -0.330 e. The number of nitrogens with one attached hydrogen (secondary N) is 1. The topological polar surface area (TPSA) is 55.1 Å². The number of amides is 1. The van der Waals surface area contributed by atoms with Crippen LogP contribution in [0.2, 0.25) is 0 Å². The monoisotopic (exact) mass is 282 g/mol. The van der Waals surface area contributed by atoms with Gasteiger partial charge in [0.15, 0.2) is 0 Å². The number of rotatable bonds is 6. The van der Waals surface area contributed by atoms with Crippen molar-refractivity contribution in [2.75, 3.05) is 11.9 Å². The molecule has 21 heavy (non-hydrogen) atoms. The Morgan fingerprint density at radius 2 is 1.86 bits per heavy atom. The van der Waals surface area contributed by atoms with Gasteiger partial charge in [0.05, 0.1) is 0 Å². The van der Waals surface area contributed by atoms with Gasteiger partial charge in [-0.15, -0.1) is 0 Å². The zero-order valence-corrected chi connectivity index (χ0v) is 12.4. The van der Waals surface area contributed by atoms with E-state index in [0.717, 1.165) is 24.9 Å². The van der Waals surface area contributed by atoms with Crippen LogP contribution in [-0.4, -0.2) is 12.5 Å². The predicted molar refractivity (Wildman–Crippen MR) is 87.6 cm³/mol. The number of hydrogen-bond donors (Lipinski definition) is 2. The Bertz CT molecular complexity index is 590. The number of benzene rings is 2. The van der Waals surface area contributed by atoms with Crippen molar-refractivity contribution in [3.8, 4) is 0 Å². The summed E-state index contributed by atoms with van der Waals surface area (Å²) in [6, 6.07) is 15.7. The van der Waals surface area contributed by atoms with Crippen molar-refractivity contribution in [1.82, 2.24) is 0 Å². The highest BCUT2D eigenvalue weighted by molar-refractivity contribution is 6.04. The third-order valence-corrected chi connectivity index (χ3v) is 3.48. The molecule has 0 spiro atoms. The first kappa shape index (κ1) is 15.3. The van der Waals surface area contributed by atoms with Gasteiger partial charge in [0.1, 0.15) is 0 Å². The Balaban J connectivity index is 2.04. The van der Waals surface area contributed by atoms with Crippen molar-refractivity contribution >= 4 is 11.6 Å². The van der Waals surface area contributed by atoms with E-state index in [2.05, 4.69) is 18.3 Å². The minimum absolute atomic E-state index is 0.0753. The molecule has 110 valence electrons. The Hall–Kier alpha value is -2.13. The zero-order valence-electron chi connectivity index (χ0n) is 12.4. The molecule has 1 amide bonds. The number of carbonyl (C=O) groups excluding carboxylic acids is 1. The van der Waals surface area contributed by atoms with Crippen LogP contribution in [0, 0.1) is 0 Å².